The summed E-state index contributed by atoms with van der Waals surface area (Å²) in [5, 5.41) is 6.41. The van der Waals surface area contributed by atoms with Gasteiger partial charge in [-0.15, -0.1) is 0 Å². The highest BCUT2D eigenvalue weighted by atomic mass is 19.1. The molecule has 0 saturated heterocycles. The van der Waals surface area contributed by atoms with Crippen LogP contribution in [-0.4, -0.2) is 32.5 Å². The zero-order valence-corrected chi connectivity index (χ0v) is 18.0. The Labute approximate surface area is 189 Å². The molecule has 0 fully saturated rings. The highest BCUT2D eigenvalue weighted by Crippen LogP contribution is 2.31. The van der Waals surface area contributed by atoms with Crippen molar-refractivity contribution in [3.8, 4) is 11.5 Å². The van der Waals surface area contributed by atoms with Crippen molar-refractivity contribution < 1.29 is 27.9 Å². The van der Waals surface area contributed by atoms with Crippen LogP contribution in [0.15, 0.2) is 71.1 Å². The van der Waals surface area contributed by atoms with Crippen molar-refractivity contribution in [1.82, 2.24) is 0 Å². The largest absolute Gasteiger partial charge is 0.497 e. The molecule has 0 aliphatic heterocycles. The second-order valence-electron chi connectivity index (χ2n) is 7.11. The standard InChI is InChI=1S/C25H21FN2O5/c1-31-17-10-8-16(9-11-17)28-25(30)24-23(18-5-3-4-6-21(18)33-24)27-14-20(29)15-7-12-22(32-2)19(26)13-15/h3-13,27H,14H2,1-2H3,(H,28,30). The molecule has 0 spiro atoms. The maximum atomic E-state index is 14.0. The second-order valence-corrected chi connectivity index (χ2v) is 7.11. The Morgan fingerprint density at radius 2 is 1.73 bits per heavy atom. The number of fused-ring (bicyclic) bond motifs is 1. The SMILES string of the molecule is COc1ccc(NC(=O)c2oc3ccccc3c2NCC(=O)c2ccc(OC)c(F)c2)cc1. The Morgan fingerprint density at radius 3 is 2.42 bits per heavy atom. The van der Waals surface area contributed by atoms with Crippen molar-refractivity contribution in [2.24, 2.45) is 0 Å². The molecular weight excluding hydrogens is 427 g/mol. The minimum Gasteiger partial charge on any atom is -0.497 e. The summed E-state index contributed by atoms with van der Waals surface area (Å²) < 4.78 is 29.8. The first-order valence-corrected chi connectivity index (χ1v) is 10.1. The van der Waals surface area contributed by atoms with Gasteiger partial charge >= 0.3 is 0 Å². The number of benzene rings is 3. The van der Waals surface area contributed by atoms with Crippen molar-refractivity contribution in [1.29, 1.82) is 0 Å². The number of halogens is 1. The molecule has 7 nitrogen and oxygen atoms in total. The van der Waals surface area contributed by atoms with Gasteiger partial charge in [-0.2, -0.15) is 0 Å². The van der Waals surface area contributed by atoms with E-state index in [1.165, 1.54) is 19.2 Å². The lowest BCUT2D eigenvalue weighted by molar-refractivity contribution is 0.0990. The van der Waals surface area contributed by atoms with E-state index in [1.807, 2.05) is 0 Å². The van der Waals surface area contributed by atoms with Crippen LogP contribution in [0.25, 0.3) is 11.0 Å². The molecule has 2 N–H and O–H groups in total. The molecule has 168 valence electrons. The topological polar surface area (TPSA) is 89.8 Å². The first-order valence-electron chi connectivity index (χ1n) is 10.1. The van der Waals surface area contributed by atoms with Crippen LogP contribution in [0.3, 0.4) is 0 Å². The second kappa shape index (κ2) is 9.44. The van der Waals surface area contributed by atoms with E-state index in [2.05, 4.69) is 10.6 Å². The number of ether oxygens (including phenoxy) is 2. The summed E-state index contributed by atoms with van der Waals surface area (Å²) >= 11 is 0. The fraction of sp³-hybridized carbons (Fsp3) is 0.120. The van der Waals surface area contributed by atoms with Crippen molar-refractivity contribution in [3.63, 3.8) is 0 Å². The maximum absolute atomic E-state index is 14.0. The van der Waals surface area contributed by atoms with Crippen LogP contribution in [0.5, 0.6) is 11.5 Å². The molecule has 0 aliphatic rings. The van der Waals surface area contributed by atoms with Gasteiger partial charge in [0.15, 0.2) is 17.3 Å². The van der Waals surface area contributed by atoms with E-state index in [1.54, 1.807) is 55.6 Å². The summed E-state index contributed by atoms with van der Waals surface area (Å²) in [5.41, 5.74) is 1.59. The van der Waals surface area contributed by atoms with Gasteiger partial charge in [0.25, 0.3) is 5.91 Å². The van der Waals surface area contributed by atoms with E-state index in [9.17, 15) is 14.0 Å². The predicted octanol–water partition coefficient (Wildman–Crippen LogP) is 5.14. The van der Waals surface area contributed by atoms with E-state index >= 15 is 0 Å². The Hall–Kier alpha value is -4.33. The minimum atomic E-state index is -0.628. The van der Waals surface area contributed by atoms with E-state index in [0.717, 1.165) is 6.07 Å². The Balaban J connectivity index is 1.57. The molecule has 8 heteroatoms. The lowest BCUT2D eigenvalue weighted by Gasteiger charge is -2.09. The molecule has 0 saturated carbocycles. The third kappa shape index (κ3) is 4.64. The molecule has 1 aromatic heterocycles. The Morgan fingerprint density at radius 1 is 0.970 bits per heavy atom. The van der Waals surface area contributed by atoms with Crippen LogP contribution < -0.4 is 20.1 Å². The Bertz CT molecular complexity index is 1310. The monoisotopic (exact) mass is 448 g/mol. The minimum absolute atomic E-state index is 0.0285. The van der Waals surface area contributed by atoms with Gasteiger partial charge in [-0.05, 0) is 54.6 Å². The average molecular weight is 448 g/mol. The fourth-order valence-electron chi connectivity index (χ4n) is 3.35. The fourth-order valence-corrected chi connectivity index (χ4v) is 3.35. The van der Waals surface area contributed by atoms with Crippen molar-refractivity contribution in [2.45, 2.75) is 0 Å². The smallest absolute Gasteiger partial charge is 0.293 e. The summed E-state index contributed by atoms with van der Waals surface area (Å²) in [6.45, 7) is -0.169. The molecule has 0 radical (unpaired) electrons. The molecule has 1 heterocycles. The summed E-state index contributed by atoms with van der Waals surface area (Å²) in [5.74, 6) is -0.729. The molecule has 0 unspecified atom stereocenters. The number of ketones is 1. The zero-order valence-electron chi connectivity index (χ0n) is 18.0. The first-order chi connectivity index (χ1) is 16.0. The number of hydrogen-bond acceptors (Lipinski definition) is 6. The number of methoxy groups -OCH3 is 2. The van der Waals surface area contributed by atoms with Crippen LogP contribution in [0.2, 0.25) is 0 Å². The first kappa shape index (κ1) is 21.9. The van der Waals surface area contributed by atoms with Gasteiger partial charge < -0.3 is 24.5 Å². The third-order valence-electron chi connectivity index (χ3n) is 5.05. The normalized spacial score (nSPS) is 10.6. The number of Topliss-reactive ketones (excluding diaryl/α,β-unsaturated/α-hetero) is 1. The number of amides is 1. The lowest BCUT2D eigenvalue weighted by Crippen LogP contribution is -2.18. The number of carbonyl (C=O) groups excluding carboxylic acids is 2. The van der Waals surface area contributed by atoms with Gasteiger partial charge in [0.1, 0.15) is 11.3 Å². The van der Waals surface area contributed by atoms with Crippen molar-refractivity contribution in [3.05, 3.63) is 83.9 Å². The zero-order chi connectivity index (χ0) is 23.4. The summed E-state index contributed by atoms with van der Waals surface area (Å²) in [4.78, 5) is 25.6. The van der Waals surface area contributed by atoms with Crippen LogP contribution in [0.4, 0.5) is 15.8 Å². The van der Waals surface area contributed by atoms with Crippen molar-refractivity contribution in [2.75, 3.05) is 31.4 Å². The molecule has 4 aromatic rings. The number of nitrogens with one attached hydrogen (secondary N) is 2. The highest BCUT2D eigenvalue weighted by molar-refractivity contribution is 6.12. The number of para-hydroxylation sites is 1. The van der Waals surface area contributed by atoms with Crippen LogP contribution in [0.1, 0.15) is 20.9 Å². The van der Waals surface area contributed by atoms with Crippen molar-refractivity contribution >= 4 is 34.0 Å². The third-order valence-corrected chi connectivity index (χ3v) is 5.05. The van der Waals surface area contributed by atoms with Gasteiger partial charge in [0.2, 0.25) is 5.76 Å². The van der Waals surface area contributed by atoms with Gasteiger partial charge in [-0.3, -0.25) is 9.59 Å². The summed E-state index contributed by atoms with van der Waals surface area (Å²) in [6.07, 6.45) is 0. The molecule has 3 aromatic carbocycles. The summed E-state index contributed by atoms with van der Waals surface area (Å²) in [6, 6.07) is 17.9. The van der Waals surface area contributed by atoms with E-state index in [-0.39, 0.29) is 29.4 Å². The number of anilines is 2. The van der Waals surface area contributed by atoms with Gasteiger partial charge in [0, 0.05) is 16.6 Å². The summed E-state index contributed by atoms with van der Waals surface area (Å²) in [7, 11) is 2.91. The number of carbonyl (C=O) groups is 2. The Kier molecular flexibility index (Phi) is 6.26. The van der Waals surface area contributed by atoms with Crippen LogP contribution in [-0.2, 0) is 0 Å². The van der Waals surface area contributed by atoms with Crippen LogP contribution >= 0.6 is 0 Å². The van der Waals surface area contributed by atoms with E-state index < -0.39 is 11.7 Å². The quantitative estimate of drug-likeness (QED) is 0.363. The number of rotatable bonds is 8. The van der Waals surface area contributed by atoms with Gasteiger partial charge in [-0.25, -0.2) is 4.39 Å². The highest BCUT2D eigenvalue weighted by Gasteiger charge is 2.22. The van der Waals surface area contributed by atoms with E-state index in [0.29, 0.717) is 28.1 Å². The van der Waals surface area contributed by atoms with E-state index in [4.69, 9.17) is 13.9 Å². The lowest BCUT2D eigenvalue weighted by atomic mass is 10.1. The van der Waals surface area contributed by atoms with Gasteiger partial charge in [-0.1, -0.05) is 12.1 Å². The molecule has 4 rings (SSSR count). The molecule has 0 bridgehead atoms. The van der Waals surface area contributed by atoms with Gasteiger partial charge in [0.05, 0.1) is 26.5 Å². The molecule has 1 amide bonds. The predicted molar refractivity (Wildman–Crippen MR) is 123 cm³/mol. The maximum Gasteiger partial charge on any atom is 0.293 e. The average Bonchev–Trinajstić information content (AvgIpc) is 3.21. The number of furan rings is 1. The molecular formula is C25H21FN2O5. The van der Waals surface area contributed by atoms with Crippen LogP contribution in [0, 0.1) is 5.82 Å². The molecule has 33 heavy (non-hydrogen) atoms. The number of hydrogen-bond donors (Lipinski definition) is 2. The molecule has 0 atom stereocenters. The molecule has 0 aliphatic carbocycles.